The highest BCUT2D eigenvalue weighted by Gasteiger charge is 2.38. The lowest BCUT2D eigenvalue weighted by Crippen LogP contribution is -2.37. The van der Waals surface area contributed by atoms with Crippen LogP contribution in [0.25, 0.3) is 0 Å². The summed E-state index contributed by atoms with van der Waals surface area (Å²) in [4.78, 5) is 41.5. The van der Waals surface area contributed by atoms with E-state index in [1.165, 1.54) is 0 Å². The number of benzene rings is 2. The maximum absolute atomic E-state index is 12.5. The Morgan fingerprint density at radius 3 is 1.68 bits per heavy atom. The van der Waals surface area contributed by atoms with Gasteiger partial charge in [-0.2, -0.15) is 26.3 Å². The number of rotatable bonds is 7. The molecule has 1 heterocycles. The molecule has 16 heteroatoms. The quantitative estimate of drug-likeness (QED) is 0.158. The van der Waals surface area contributed by atoms with Gasteiger partial charge in [-0.25, -0.2) is 14.6 Å². The second-order valence-corrected chi connectivity index (χ2v) is 7.83. The molecule has 10 nitrogen and oxygen atoms in total. The number of carboxylic acid groups (broad SMARTS) is 2. The van der Waals surface area contributed by atoms with Gasteiger partial charge in [-0.3, -0.25) is 15.1 Å². The number of hydrogen-bond donors (Lipinski definition) is 5. The highest BCUT2D eigenvalue weighted by atomic mass is 19.4. The number of aliphatic carboxylic acids is 2. The number of carbonyl (C=O) groups excluding carboxylic acids is 1. The molecule has 0 aliphatic rings. The van der Waals surface area contributed by atoms with E-state index in [1.807, 2.05) is 60.7 Å². The summed E-state index contributed by atoms with van der Waals surface area (Å²) in [5.74, 6) is -5.57. The summed E-state index contributed by atoms with van der Waals surface area (Å²) >= 11 is 0. The third kappa shape index (κ3) is 14.2. The number of H-pyrrole nitrogens is 1. The monoisotopic (exact) mass is 589 g/mol. The normalized spacial score (nSPS) is 11.4. The van der Waals surface area contributed by atoms with Crippen LogP contribution in [0.5, 0.6) is 0 Å². The van der Waals surface area contributed by atoms with E-state index in [0.29, 0.717) is 19.4 Å². The van der Waals surface area contributed by atoms with Crippen LogP contribution in [-0.4, -0.2) is 62.9 Å². The number of carbonyl (C=O) groups is 3. The van der Waals surface area contributed by atoms with Crippen LogP contribution in [0.3, 0.4) is 0 Å². The largest absolute Gasteiger partial charge is 0.490 e. The van der Waals surface area contributed by atoms with E-state index in [4.69, 9.17) is 25.5 Å². The van der Waals surface area contributed by atoms with E-state index >= 15 is 0 Å². The SMILES string of the molecule is NC(=NCCc1cnc[nH]1)NC(=O)CC(c1ccccc1)c1ccccc1.O=C(O)C(F)(F)F.O=C(O)C(F)(F)F. The summed E-state index contributed by atoms with van der Waals surface area (Å²) in [6.45, 7) is 0.481. The van der Waals surface area contributed by atoms with Gasteiger partial charge in [0.1, 0.15) is 0 Å². The van der Waals surface area contributed by atoms with Crippen LogP contribution in [0, 0.1) is 0 Å². The first-order valence-corrected chi connectivity index (χ1v) is 11.4. The lowest BCUT2D eigenvalue weighted by molar-refractivity contribution is -0.193. The zero-order valence-electron chi connectivity index (χ0n) is 21.0. The Kier molecular flexibility index (Phi) is 13.5. The Labute approximate surface area is 228 Å². The molecule has 0 bridgehead atoms. The zero-order chi connectivity index (χ0) is 31.1. The summed E-state index contributed by atoms with van der Waals surface area (Å²) in [5, 5.41) is 16.9. The van der Waals surface area contributed by atoms with Crippen molar-refractivity contribution in [1.82, 2.24) is 15.3 Å². The van der Waals surface area contributed by atoms with E-state index in [9.17, 15) is 31.1 Å². The molecule has 0 unspecified atom stereocenters. The van der Waals surface area contributed by atoms with Crippen molar-refractivity contribution >= 4 is 23.8 Å². The van der Waals surface area contributed by atoms with Crippen LogP contribution in [0.15, 0.2) is 78.2 Å². The molecule has 0 saturated heterocycles. The highest BCUT2D eigenvalue weighted by molar-refractivity contribution is 5.96. The predicted molar refractivity (Wildman–Crippen MR) is 134 cm³/mol. The lowest BCUT2D eigenvalue weighted by atomic mass is 9.88. The van der Waals surface area contributed by atoms with Crippen molar-refractivity contribution in [1.29, 1.82) is 0 Å². The van der Waals surface area contributed by atoms with Crippen LogP contribution < -0.4 is 11.1 Å². The van der Waals surface area contributed by atoms with Gasteiger partial charge in [0.15, 0.2) is 5.96 Å². The number of alkyl halides is 6. The Morgan fingerprint density at radius 2 is 1.32 bits per heavy atom. The number of carboxylic acids is 2. The summed E-state index contributed by atoms with van der Waals surface area (Å²) in [6.07, 6.45) is -5.82. The van der Waals surface area contributed by atoms with Gasteiger partial charge < -0.3 is 20.9 Å². The molecule has 0 radical (unpaired) electrons. The number of hydrogen-bond acceptors (Lipinski definition) is 5. The number of aromatic amines is 1. The van der Waals surface area contributed by atoms with Gasteiger partial charge in [-0.1, -0.05) is 60.7 Å². The van der Waals surface area contributed by atoms with E-state index in [1.54, 1.807) is 12.5 Å². The number of aromatic nitrogens is 2. The highest BCUT2D eigenvalue weighted by Crippen LogP contribution is 2.27. The number of nitrogens with one attached hydrogen (secondary N) is 2. The third-order valence-corrected chi connectivity index (χ3v) is 4.76. The maximum atomic E-state index is 12.5. The molecule has 0 fully saturated rings. The Balaban J connectivity index is 0.000000497. The molecule has 3 aromatic rings. The molecule has 1 amide bonds. The van der Waals surface area contributed by atoms with Crippen molar-refractivity contribution in [2.45, 2.75) is 31.1 Å². The van der Waals surface area contributed by atoms with Crippen LogP contribution in [0.2, 0.25) is 0 Å². The van der Waals surface area contributed by atoms with Gasteiger partial charge >= 0.3 is 24.3 Å². The van der Waals surface area contributed by atoms with E-state index in [2.05, 4.69) is 20.3 Å². The molecule has 6 N–H and O–H groups in total. The Bertz CT molecular complexity index is 1190. The molecule has 41 heavy (non-hydrogen) atoms. The molecule has 0 saturated carbocycles. The molecule has 0 aliphatic carbocycles. The second kappa shape index (κ2) is 16.3. The first kappa shape index (κ1) is 34.1. The summed E-state index contributed by atoms with van der Waals surface area (Å²) in [5.41, 5.74) is 9.02. The molecule has 0 atom stereocenters. The smallest absolute Gasteiger partial charge is 0.475 e. The molecule has 2 aromatic carbocycles. The van der Waals surface area contributed by atoms with Gasteiger partial charge in [0.25, 0.3) is 0 Å². The third-order valence-electron chi connectivity index (χ3n) is 4.76. The van der Waals surface area contributed by atoms with Crippen LogP contribution in [0.1, 0.15) is 29.2 Å². The minimum Gasteiger partial charge on any atom is -0.475 e. The number of halogens is 6. The van der Waals surface area contributed by atoms with Crippen molar-refractivity contribution in [3.05, 3.63) is 90.0 Å². The van der Waals surface area contributed by atoms with Crippen LogP contribution in [-0.2, 0) is 20.8 Å². The van der Waals surface area contributed by atoms with Crippen molar-refractivity contribution in [3.8, 4) is 0 Å². The Morgan fingerprint density at radius 1 is 0.878 bits per heavy atom. The minimum atomic E-state index is -5.08. The van der Waals surface area contributed by atoms with E-state index in [0.717, 1.165) is 16.8 Å². The second-order valence-electron chi connectivity index (χ2n) is 7.83. The number of nitrogens with zero attached hydrogens (tertiary/aromatic N) is 2. The van der Waals surface area contributed by atoms with Gasteiger partial charge in [0.2, 0.25) is 5.91 Å². The molecular weight excluding hydrogens is 564 g/mol. The molecule has 0 aliphatic heterocycles. The van der Waals surface area contributed by atoms with E-state index < -0.39 is 24.3 Å². The standard InChI is InChI=1S/C21H23N5O.2C2HF3O2/c22-21(24-12-11-18-14-23-15-25-18)26-20(27)13-19(16-7-3-1-4-8-16)17-9-5-2-6-10-17;2*3-2(4,5)1(6)7/h1-10,14-15,19H,11-13H2,(H,23,25)(H3,22,24,26,27);2*(H,6,7). The fraction of sp³-hybridized carbons (Fsp3) is 0.240. The maximum Gasteiger partial charge on any atom is 0.490 e. The van der Waals surface area contributed by atoms with Crippen LogP contribution >= 0.6 is 0 Å². The first-order valence-electron chi connectivity index (χ1n) is 11.4. The number of amides is 1. The average Bonchev–Trinajstić information content (AvgIpc) is 3.41. The molecular formula is C25H25F6N5O5. The summed E-state index contributed by atoms with van der Waals surface area (Å²) in [6, 6.07) is 20.0. The zero-order valence-corrected chi connectivity index (χ0v) is 21.0. The average molecular weight is 589 g/mol. The fourth-order valence-electron chi connectivity index (χ4n) is 2.94. The number of nitrogens with two attached hydrogens (primary N) is 1. The molecule has 1 aromatic heterocycles. The number of imidazole rings is 1. The summed E-state index contributed by atoms with van der Waals surface area (Å²) in [7, 11) is 0. The van der Waals surface area contributed by atoms with E-state index in [-0.39, 0.29) is 17.8 Å². The number of guanidine groups is 1. The molecule has 0 spiro atoms. The van der Waals surface area contributed by atoms with Crippen molar-refractivity contribution < 1.29 is 50.9 Å². The molecule has 3 rings (SSSR count). The van der Waals surface area contributed by atoms with Crippen molar-refractivity contribution in [3.63, 3.8) is 0 Å². The fourth-order valence-corrected chi connectivity index (χ4v) is 2.94. The van der Waals surface area contributed by atoms with Gasteiger partial charge in [0.05, 0.1) is 6.33 Å². The van der Waals surface area contributed by atoms with Crippen LogP contribution in [0.4, 0.5) is 26.3 Å². The van der Waals surface area contributed by atoms with Crippen molar-refractivity contribution in [2.24, 2.45) is 10.7 Å². The van der Waals surface area contributed by atoms with Gasteiger partial charge in [0, 0.05) is 37.2 Å². The minimum absolute atomic E-state index is 0.0369. The summed E-state index contributed by atoms with van der Waals surface area (Å²) < 4.78 is 63.5. The topological polar surface area (TPSA) is 171 Å². The Hall–Kier alpha value is -4.89. The predicted octanol–water partition coefficient (Wildman–Crippen LogP) is 3.87. The van der Waals surface area contributed by atoms with Gasteiger partial charge in [-0.15, -0.1) is 0 Å². The van der Waals surface area contributed by atoms with Crippen molar-refractivity contribution in [2.75, 3.05) is 6.54 Å². The first-order chi connectivity index (χ1) is 19.1. The van der Waals surface area contributed by atoms with Gasteiger partial charge in [-0.05, 0) is 11.1 Å². The number of aliphatic imine (C=N–C) groups is 1. The molecule has 222 valence electrons. The lowest BCUT2D eigenvalue weighted by Gasteiger charge is -2.17.